The number of nitrogens with two attached hydrogens (primary N) is 1. The van der Waals surface area contributed by atoms with E-state index in [1.54, 1.807) is 6.07 Å². The average Bonchev–Trinajstić information content (AvgIpc) is 2.41. The SMILES string of the molecule is CCN1CCOC(C(N)c2cc(F)ccc2C)C1. The van der Waals surface area contributed by atoms with Gasteiger partial charge in [-0.3, -0.25) is 4.90 Å². The molecule has 2 atom stereocenters. The topological polar surface area (TPSA) is 38.5 Å². The van der Waals surface area contributed by atoms with Gasteiger partial charge in [-0.05, 0) is 36.7 Å². The van der Waals surface area contributed by atoms with Crippen LogP contribution in [0.3, 0.4) is 0 Å². The lowest BCUT2D eigenvalue weighted by atomic mass is 9.96. The molecule has 1 aromatic carbocycles. The van der Waals surface area contributed by atoms with Crippen molar-refractivity contribution in [2.45, 2.75) is 26.0 Å². The number of halogens is 1. The van der Waals surface area contributed by atoms with Crippen LogP contribution in [0.2, 0.25) is 0 Å². The van der Waals surface area contributed by atoms with Crippen LogP contribution in [-0.2, 0) is 4.74 Å². The number of benzene rings is 1. The van der Waals surface area contributed by atoms with Crippen LogP contribution in [0.25, 0.3) is 0 Å². The molecule has 0 saturated carbocycles. The molecule has 2 N–H and O–H groups in total. The predicted molar refractivity (Wildman–Crippen MR) is 69.9 cm³/mol. The molecule has 18 heavy (non-hydrogen) atoms. The van der Waals surface area contributed by atoms with E-state index in [-0.39, 0.29) is 18.0 Å². The van der Waals surface area contributed by atoms with Gasteiger partial charge >= 0.3 is 0 Å². The van der Waals surface area contributed by atoms with Crippen LogP contribution in [0.5, 0.6) is 0 Å². The van der Waals surface area contributed by atoms with Gasteiger partial charge < -0.3 is 10.5 Å². The molecule has 2 rings (SSSR count). The lowest BCUT2D eigenvalue weighted by molar-refractivity contribution is -0.0393. The standard InChI is InChI=1S/C14H21FN2O/c1-3-17-6-7-18-13(9-17)14(16)12-8-11(15)5-4-10(12)2/h4-5,8,13-14H,3,6-7,9,16H2,1-2H3. The van der Waals surface area contributed by atoms with E-state index >= 15 is 0 Å². The van der Waals surface area contributed by atoms with Crippen LogP contribution in [0, 0.1) is 12.7 Å². The second-order valence-electron chi connectivity index (χ2n) is 4.83. The lowest BCUT2D eigenvalue weighted by Gasteiger charge is -2.35. The molecule has 4 heteroatoms. The molecule has 1 aliphatic heterocycles. The number of aryl methyl sites for hydroxylation is 1. The maximum absolute atomic E-state index is 13.3. The molecular weight excluding hydrogens is 231 g/mol. The Labute approximate surface area is 108 Å². The molecule has 1 saturated heterocycles. The van der Waals surface area contributed by atoms with E-state index in [0.717, 1.165) is 30.8 Å². The van der Waals surface area contributed by atoms with Crippen LogP contribution in [0.1, 0.15) is 24.1 Å². The second kappa shape index (κ2) is 5.78. The summed E-state index contributed by atoms with van der Waals surface area (Å²) in [5.41, 5.74) is 8.10. The number of hydrogen-bond donors (Lipinski definition) is 1. The summed E-state index contributed by atoms with van der Waals surface area (Å²) in [4.78, 5) is 2.31. The van der Waals surface area contributed by atoms with Crippen molar-refractivity contribution in [2.75, 3.05) is 26.2 Å². The first-order chi connectivity index (χ1) is 8.61. The van der Waals surface area contributed by atoms with Crippen LogP contribution in [0.4, 0.5) is 4.39 Å². The van der Waals surface area contributed by atoms with Gasteiger partial charge in [0.25, 0.3) is 0 Å². The Morgan fingerprint density at radius 3 is 3.06 bits per heavy atom. The number of morpholine rings is 1. The van der Waals surface area contributed by atoms with Crippen LogP contribution >= 0.6 is 0 Å². The van der Waals surface area contributed by atoms with Crippen LogP contribution < -0.4 is 5.73 Å². The van der Waals surface area contributed by atoms with E-state index in [1.165, 1.54) is 12.1 Å². The van der Waals surface area contributed by atoms with Crippen molar-refractivity contribution in [1.29, 1.82) is 0 Å². The summed E-state index contributed by atoms with van der Waals surface area (Å²) in [5.74, 6) is -0.241. The van der Waals surface area contributed by atoms with Gasteiger partial charge in [-0.15, -0.1) is 0 Å². The van der Waals surface area contributed by atoms with Crippen molar-refractivity contribution in [3.8, 4) is 0 Å². The zero-order valence-corrected chi connectivity index (χ0v) is 11.0. The molecule has 1 aromatic rings. The maximum atomic E-state index is 13.3. The van der Waals surface area contributed by atoms with E-state index < -0.39 is 0 Å². The van der Waals surface area contributed by atoms with Crippen molar-refractivity contribution in [2.24, 2.45) is 5.73 Å². The molecule has 0 radical (unpaired) electrons. The molecule has 0 aromatic heterocycles. The highest BCUT2D eigenvalue weighted by molar-refractivity contribution is 5.30. The highest BCUT2D eigenvalue weighted by Gasteiger charge is 2.27. The molecule has 1 aliphatic rings. The molecule has 1 heterocycles. The van der Waals surface area contributed by atoms with Crippen molar-refractivity contribution in [1.82, 2.24) is 4.90 Å². The summed E-state index contributed by atoms with van der Waals surface area (Å²) in [7, 11) is 0. The molecule has 0 aliphatic carbocycles. The van der Waals surface area contributed by atoms with Gasteiger partial charge in [-0.1, -0.05) is 13.0 Å². The Morgan fingerprint density at radius 2 is 2.33 bits per heavy atom. The van der Waals surface area contributed by atoms with Crippen molar-refractivity contribution in [3.63, 3.8) is 0 Å². The van der Waals surface area contributed by atoms with E-state index in [0.29, 0.717) is 6.61 Å². The lowest BCUT2D eigenvalue weighted by Crippen LogP contribution is -2.47. The molecular formula is C14H21FN2O. The normalized spacial score (nSPS) is 23.0. The molecule has 0 bridgehead atoms. The predicted octanol–water partition coefficient (Wildman–Crippen LogP) is 1.85. The summed E-state index contributed by atoms with van der Waals surface area (Å²) in [6.07, 6.45) is -0.0563. The number of hydrogen-bond acceptors (Lipinski definition) is 3. The minimum atomic E-state index is -0.268. The van der Waals surface area contributed by atoms with E-state index in [2.05, 4.69) is 11.8 Å². The van der Waals surface area contributed by atoms with Crippen LogP contribution in [0.15, 0.2) is 18.2 Å². The molecule has 100 valence electrons. The molecule has 3 nitrogen and oxygen atoms in total. The van der Waals surface area contributed by atoms with E-state index in [9.17, 15) is 4.39 Å². The monoisotopic (exact) mass is 252 g/mol. The fraction of sp³-hybridized carbons (Fsp3) is 0.571. The first kappa shape index (κ1) is 13.5. The highest BCUT2D eigenvalue weighted by Crippen LogP contribution is 2.23. The van der Waals surface area contributed by atoms with Crippen molar-refractivity contribution in [3.05, 3.63) is 35.1 Å². The van der Waals surface area contributed by atoms with Gasteiger partial charge in [0.2, 0.25) is 0 Å². The summed E-state index contributed by atoms with van der Waals surface area (Å²) >= 11 is 0. The largest absolute Gasteiger partial charge is 0.374 e. The van der Waals surface area contributed by atoms with Gasteiger partial charge in [0.15, 0.2) is 0 Å². The van der Waals surface area contributed by atoms with Gasteiger partial charge in [0.1, 0.15) is 5.82 Å². The molecule has 0 amide bonds. The maximum Gasteiger partial charge on any atom is 0.123 e. The van der Waals surface area contributed by atoms with Crippen LogP contribution in [-0.4, -0.2) is 37.2 Å². The molecule has 2 unspecified atom stereocenters. The number of likely N-dealkylation sites (N-methyl/N-ethyl adjacent to an activating group) is 1. The summed E-state index contributed by atoms with van der Waals surface area (Å²) in [6, 6.07) is 4.49. The van der Waals surface area contributed by atoms with Gasteiger partial charge in [-0.2, -0.15) is 0 Å². The number of rotatable bonds is 3. The summed E-state index contributed by atoms with van der Waals surface area (Å²) < 4.78 is 19.0. The van der Waals surface area contributed by atoms with Gasteiger partial charge in [0.05, 0.1) is 18.8 Å². The Kier molecular flexibility index (Phi) is 4.32. The van der Waals surface area contributed by atoms with Gasteiger partial charge in [-0.25, -0.2) is 4.39 Å². The minimum Gasteiger partial charge on any atom is -0.374 e. The Morgan fingerprint density at radius 1 is 1.56 bits per heavy atom. The smallest absolute Gasteiger partial charge is 0.123 e. The molecule has 1 fully saturated rings. The van der Waals surface area contributed by atoms with Crippen molar-refractivity contribution < 1.29 is 9.13 Å². The first-order valence-electron chi connectivity index (χ1n) is 6.47. The second-order valence-corrected chi connectivity index (χ2v) is 4.83. The zero-order valence-electron chi connectivity index (χ0n) is 11.0. The zero-order chi connectivity index (χ0) is 13.1. The number of ether oxygens (including phenoxy) is 1. The first-order valence-corrected chi connectivity index (χ1v) is 6.47. The minimum absolute atomic E-state index is 0.0563. The molecule has 0 spiro atoms. The Balaban J connectivity index is 2.14. The average molecular weight is 252 g/mol. The third-order valence-corrected chi connectivity index (χ3v) is 3.63. The fourth-order valence-electron chi connectivity index (χ4n) is 2.41. The quantitative estimate of drug-likeness (QED) is 0.892. The van der Waals surface area contributed by atoms with E-state index in [1.807, 2.05) is 6.92 Å². The Hall–Kier alpha value is -0.970. The fourth-order valence-corrected chi connectivity index (χ4v) is 2.41. The third kappa shape index (κ3) is 2.88. The summed E-state index contributed by atoms with van der Waals surface area (Å²) in [6.45, 7) is 7.53. The summed E-state index contributed by atoms with van der Waals surface area (Å²) in [5, 5.41) is 0. The van der Waals surface area contributed by atoms with Gasteiger partial charge in [0, 0.05) is 13.1 Å². The van der Waals surface area contributed by atoms with E-state index in [4.69, 9.17) is 10.5 Å². The highest BCUT2D eigenvalue weighted by atomic mass is 19.1. The Bertz CT molecular complexity index is 411. The number of nitrogens with zero attached hydrogens (tertiary/aromatic N) is 1. The third-order valence-electron chi connectivity index (χ3n) is 3.63. The van der Waals surface area contributed by atoms with Crippen molar-refractivity contribution >= 4 is 0 Å².